The van der Waals surface area contributed by atoms with Gasteiger partial charge in [0, 0.05) is 6.42 Å². The molecule has 0 saturated carbocycles. The van der Waals surface area contributed by atoms with E-state index in [2.05, 4.69) is 0 Å². The fraction of sp³-hybridized carbons (Fsp3) is 0.417. The van der Waals surface area contributed by atoms with E-state index in [1.165, 1.54) is 5.56 Å². The van der Waals surface area contributed by atoms with Crippen molar-refractivity contribution in [3.63, 3.8) is 0 Å². The third-order valence-electron chi connectivity index (χ3n) is 2.23. The Kier molecular flexibility index (Phi) is 5.19. The Morgan fingerprint density at radius 3 is 2.53 bits per heavy atom. The van der Waals surface area contributed by atoms with E-state index in [1.54, 1.807) is 7.11 Å². The van der Waals surface area contributed by atoms with E-state index in [-0.39, 0.29) is 11.7 Å². The number of rotatable bonds is 6. The number of methoxy groups -OCH3 is 1. The first-order valence-corrected chi connectivity index (χ1v) is 5.50. The second kappa shape index (κ2) is 6.46. The van der Waals surface area contributed by atoms with Crippen LogP contribution >= 0.6 is 11.6 Å². The van der Waals surface area contributed by atoms with E-state index in [0.717, 1.165) is 18.6 Å². The van der Waals surface area contributed by atoms with Crippen LogP contribution in [0.5, 0.6) is 5.75 Å². The number of ether oxygens (including phenoxy) is 1. The summed E-state index contributed by atoms with van der Waals surface area (Å²) < 4.78 is 5.06. The topological polar surface area (TPSA) is 26.3 Å². The number of aryl methyl sites for hydroxylation is 1. The van der Waals surface area contributed by atoms with Crippen LogP contribution in [0.15, 0.2) is 24.3 Å². The van der Waals surface area contributed by atoms with Crippen molar-refractivity contribution in [2.75, 3.05) is 13.0 Å². The number of carbonyl (C=O) groups is 1. The third kappa shape index (κ3) is 4.34. The third-order valence-corrected chi connectivity index (χ3v) is 2.53. The van der Waals surface area contributed by atoms with Crippen LogP contribution < -0.4 is 4.74 Å². The molecule has 0 N–H and O–H groups in total. The van der Waals surface area contributed by atoms with Crippen LogP contribution in [0.25, 0.3) is 0 Å². The highest BCUT2D eigenvalue weighted by atomic mass is 35.5. The van der Waals surface area contributed by atoms with Crippen LogP contribution in [0.4, 0.5) is 0 Å². The van der Waals surface area contributed by atoms with Gasteiger partial charge in [0.05, 0.1) is 13.0 Å². The minimum atomic E-state index is 0.116. The fourth-order valence-electron chi connectivity index (χ4n) is 1.35. The summed E-state index contributed by atoms with van der Waals surface area (Å²) in [5.41, 5.74) is 1.22. The van der Waals surface area contributed by atoms with Crippen LogP contribution in [0.3, 0.4) is 0 Å². The molecule has 0 atom stereocenters. The predicted octanol–water partition coefficient (Wildman–Crippen LogP) is 2.83. The largest absolute Gasteiger partial charge is 0.497 e. The molecular weight excluding hydrogens is 212 g/mol. The minimum Gasteiger partial charge on any atom is -0.497 e. The summed E-state index contributed by atoms with van der Waals surface area (Å²) in [6.07, 6.45) is 2.33. The number of Topliss-reactive ketones (excluding diaryl/α,β-unsaturated/α-hetero) is 1. The van der Waals surface area contributed by atoms with Gasteiger partial charge in [0.25, 0.3) is 0 Å². The molecular formula is C12H15ClO2. The molecule has 0 unspecified atom stereocenters. The average Bonchev–Trinajstić information content (AvgIpc) is 2.29. The summed E-state index contributed by atoms with van der Waals surface area (Å²) in [7, 11) is 1.65. The molecule has 0 aromatic heterocycles. The first kappa shape index (κ1) is 12.1. The van der Waals surface area contributed by atoms with Crippen molar-refractivity contribution >= 4 is 17.4 Å². The summed E-state index contributed by atoms with van der Waals surface area (Å²) in [4.78, 5) is 11.0. The number of hydrogen-bond donors (Lipinski definition) is 0. The van der Waals surface area contributed by atoms with Crippen molar-refractivity contribution in [2.24, 2.45) is 0 Å². The van der Waals surface area contributed by atoms with Crippen molar-refractivity contribution in [1.29, 1.82) is 0 Å². The van der Waals surface area contributed by atoms with E-state index >= 15 is 0 Å². The highest BCUT2D eigenvalue weighted by Crippen LogP contribution is 2.13. The normalized spacial score (nSPS) is 10.0. The lowest BCUT2D eigenvalue weighted by Gasteiger charge is -2.02. The Labute approximate surface area is 95.2 Å². The van der Waals surface area contributed by atoms with Crippen molar-refractivity contribution < 1.29 is 9.53 Å². The average molecular weight is 227 g/mol. The van der Waals surface area contributed by atoms with Crippen molar-refractivity contribution in [3.8, 4) is 5.75 Å². The molecule has 0 aliphatic heterocycles. The standard InChI is InChI=1S/C12H15ClO2/c1-15-12-7-5-10(6-8-12)3-2-4-11(14)9-13/h5-8H,2-4,9H2,1H3. The van der Waals surface area contributed by atoms with Crippen molar-refractivity contribution in [2.45, 2.75) is 19.3 Å². The van der Waals surface area contributed by atoms with Gasteiger partial charge in [0.2, 0.25) is 0 Å². The smallest absolute Gasteiger partial charge is 0.147 e. The summed E-state index contributed by atoms with van der Waals surface area (Å²) >= 11 is 5.41. The number of halogens is 1. The summed E-state index contributed by atoms with van der Waals surface area (Å²) in [5, 5.41) is 0. The lowest BCUT2D eigenvalue weighted by atomic mass is 10.1. The molecule has 1 rings (SSSR count). The molecule has 0 fully saturated rings. The van der Waals surface area contributed by atoms with Crippen LogP contribution in [0, 0.1) is 0 Å². The quantitative estimate of drug-likeness (QED) is 0.698. The molecule has 82 valence electrons. The SMILES string of the molecule is COc1ccc(CCCC(=O)CCl)cc1. The Balaban J connectivity index is 2.34. The number of carbonyl (C=O) groups excluding carboxylic acids is 1. The zero-order valence-corrected chi connectivity index (χ0v) is 9.59. The van der Waals surface area contributed by atoms with Crippen LogP contribution in [0.1, 0.15) is 18.4 Å². The molecule has 1 aromatic rings. The lowest BCUT2D eigenvalue weighted by molar-refractivity contribution is -0.116. The van der Waals surface area contributed by atoms with E-state index in [1.807, 2.05) is 24.3 Å². The molecule has 0 heterocycles. The van der Waals surface area contributed by atoms with Crippen LogP contribution in [0.2, 0.25) is 0 Å². The van der Waals surface area contributed by atoms with Gasteiger partial charge in [-0.15, -0.1) is 11.6 Å². The van der Waals surface area contributed by atoms with Gasteiger partial charge in [-0.3, -0.25) is 4.79 Å². The molecule has 0 amide bonds. The Hall–Kier alpha value is -1.02. The molecule has 0 saturated heterocycles. The van der Waals surface area contributed by atoms with Crippen molar-refractivity contribution in [1.82, 2.24) is 0 Å². The van der Waals surface area contributed by atoms with Gasteiger partial charge in [0.1, 0.15) is 11.5 Å². The maximum absolute atomic E-state index is 11.0. The van der Waals surface area contributed by atoms with Gasteiger partial charge in [0.15, 0.2) is 0 Å². The second-order valence-corrected chi connectivity index (χ2v) is 3.64. The number of ketones is 1. The van der Waals surface area contributed by atoms with Crippen molar-refractivity contribution in [3.05, 3.63) is 29.8 Å². The molecule has 0 spiro atoms. The second-order valence-electron chi connectivity index (χ2n) is 3.37. The van der Waals surface area contributed by atoms with E-state index in [4.69, 9.17) is 16.3 Å². The number of benzene rings is 1. The van der Waals surface area contributed by atoms with Crippen LogP contribution in [-0.2, 0) is 11.2 Å². The first-order chi connectivity index (χ1) is 7.26. The maximum Gasteiger partial charge on any atom is 0.147 e. The minimum absolute atomic E-state index is 0.116. The van der Waals surface area contributed by atoms with E-state index in [9.17, 15) is 4.79 Å². The summed E-state index contributed by atoms with van der Waals surface area (Å²) in [5.74, 6) is 1.10. The van der Waals surface area contributed by atoms with Gasteiger partial charge in [-0.25, -0.2) is 0 Å². The monoisotopic (exact) mass is 226 g/mol. The first-order valence-electron chi connectivity index (χ1n) is 4.97. The van der Waals surface area contributed by atoms with Crippen LogP contribution in [-0.4, -0.2) is 18.8 Å². The Morgan fingerprint density at radius 2 is 2.00 bits per heavy atom. The Bertz CT molecular complexity index is 306. The maximum atomic E-state index is 11.0. The molecule has 0 radical (unpaired) electrons. The molecule has 3 heteroatoms. The van der Waals surface area contributed by atoms with Gasteiger partial charge in [-0.2, -0.15) is 0 Å². The van der Waals surface area contributed by atoms with E-state index in [0.29, 0.717) is 6.42 Å². The number of alkyl halides is 1. The summed E-state index contributed by atoms with van der Waals surface area (Å²) in [6.45, 7) is 0. The zero-order valence-electron chi connectivity index (χ0n) is 8.83. The van der Waals surface area contributed by atoms with Gasteiger partial charge >= 0.3 is 0 Å². The van der Waals surface area contributed by atoms with E-state index < -0.39 is 0 Å². The molecule has 0 bridgehead atoms. The zero-order chi connectivity index (χ0) is 11.1. The van der Waals surface area contributed by atoms with Gasteiger partial charge in [-0.05, 0) is 30.5 Å². The molecule has 0 aliphatic carbocycles. The molecule has 2 nitrogen and oxygen atoms in total. The Morgan fingerprint density at radius 1 is 1.33 bits per heavy atom. The molecule has 0 aliphatic rings. The van der Waals surface area contributed by atoms with Gasteiger partial charge in [-0.1, -0.05) is 12.1 Å². The lowest BCUT2D eigenvalue weighted by Crippen LogP contribution is -1.99. The fourth-order valence-corrected chi connectivity index (χ4v) is 1.48. The highest BCUT2D eigenvalue weighted by Gasteiger charge is 2.00. The summed E-state index contributed by atoms with van der Waals surface area (Å²) in [6, 6.07) is 7.89. The molecule has 1 aromatic carbocycles. The highest BCUT2D eigenvalue weighted by molar-refractivity contribution is 6.27. The van der Waals surface area contributed by atoms with Gasteiger partial charge < -0.3 is 4.74 Å². The predicted molar refractivity (Wildman–Crippen MR) is 61.7 cm³/mol. The number of hydrogen-bond acceptors (Lipinski definition) is 2. The molecule has 15 heavy (non-hydrogen) atoms.